The Balaban J connectivity index is 1.79. The van der Waals surface area contributed by atoms with Gasteiger partial charge in [0.1, 0.15) is 0 Å². The van der Waals surface area contributed by atoms with Crippen molar-refractivity contribution in [2.45, 2.75) is 32.2 Å². The molecular formula is C16H22N2O. The van der Waals surface area contributed by atoms with Crippen LogP contribution in [0, 0.1) is 0 Å². The number of hydrogen-bond donors (Lipinski definition) is 0. The van der Waals surface area contributed by atoms with Crippen molar-refractivity contribution < 1.29 is 4.79 Å². The fourth-order valence-electron chi connectivity index (χ4n) is 3.15. The molecule has 3 rings (SSSR count). The Morgan fingerprint density at radius 3 is 2.63 bits per heavy atom. The lowest BCUT2D eigenvalue weighted by Gasteiger charge is -2.44. The molecule has 2 aliphatic heterocycles. The normalized spacial score (nSPS) is 21.7. The second-order valence-electron chi connectivity index (χ2n) is 6.12. The van der Waals surface area contributed by atoms with E-state index in [1.807, 2.05) is 4.90 Å². The summed E-state index contributed by atoms with van der Waals surface area (Å²) in [6.45, 7) is 7.89. The van der Waals surface area contributed by atoms with Crippen LogP contribution in [-0.2, 0) is 16.8 Å². The summed E-state index contributed by atoms with van der Waals surface area (Å²) in [6, 6.07) is 8.62. The van der Waals surface area contributed by atoms with Gasteiger partial charge in [0.15, 0.2) is 0 Å². The molecule has 1 amide bonds. The van der Waals surface area contributed by atoms with Crippen molar-refractivity contribution in [3.05, 3.63) is 35.4 Å². The first kappa shape index (κ1) is 12.7. The predicted octanol–water partition coefficient (Wildman–Crippen LogP) is 2.01. The Kier molecular flexibility index (Phi) is 3.09. The molecule has 1 saturated heterocycles. The van der Waals surface area contributed by atoms with E-state index in [4.69, 9.17) is 0 Å². The molecule has 0 bridgehead atoms. The highest BCUT2D eigenvalue weighted by Crippen LogP contribution is 2.34. The first-order valence-corrected chi connectivity index (χ1v) is 7.20. The summed E-state index contributed by atoms with van der Waals surface area (Å²) >= 11 is 0. The molecule has 1 aromatic carbocycles. The van der Waals surface area contributed by atoms with Crippen LogP contribution in [0.2, 0.25) is 0 Å². The van der Waals surface area contributed by atoms with Crippen LogP contribution >= 0.6 is 0 Å². The van der Waals surface area contributed by atoms with Gasteiger partial charge in [-0.15, -0.1) is 0 Å². The van der Waals surface area contributed by atoms with Gasteiger partial charge in [-0.2, -0.15) is 0 Å². The predicted molar refractivity (Wildman–Crippen MR) is 75.9 cm³/mol. The lowest BCUT2D eigenvalue weighted by Crippen LogP contribution is -2.53. The van der Waals surface area contributed by atoms with Gasteiger partial charge in [-0.05, 0) is 37.8 Å². The molecule has 3 heteroatoms. The third-order valence-corrected chi connectivity index (χ3v) is 4.65. The minimum atomic E-state index is -0.0463. The Bertz CT molecular complexity index is 491. The van der Waals surface area contributed by atoms with Crippen LogP contribution in [-0.4, -0.2) is 41.9 Å². The topological polar surface area (TPSA) is 23.6 Å². The minimum absolute atomic E-state index is 0.0463. The maximum absolute atomic E-state index is 12.2. The van der Waals surface area contributed by atoms with E-state index in [1.54, 1.807) is 0 Å². The Labute approximate surface area is 115 Å². The molecule has 19 heavy (non-hydrogen) atoms. The van der Waals surface area contributed by atoms with Crippen LogP contribution in [0.4, 0.5) is 0 Å². The number of carbonyl (C=O) groups is 1. The number of hydrogen-bond acceptors (Lipinski definition) is 2. The number of rotatable bonds is 2. The minimum Gasteiger partial charge on any atom is -0.341 e. The number of likely N-dealkylation sites (tertiary alicyclic amines) is 1. The summed E-state index contributed by atoms with van der Waals surface area (Å²) in [5.74, 6) is 0.290. The van der Waals surface area contributed by atoms with E-state index in [0.29, 0.717) is 12.5 Å². The molecule has 0 atom stereocenters. The molecule has 0 aliphatic carbocycles. The zero-order chi connectivity index (χ0) is 13.5. The number of fused-ring (bicyclic) bond motifs is 1. The number of nitrogens with zero attached hydrogens (tertiary/aromatic N) is 2. The van der Waals surface area contributed by atoms with E-state index in [0.717, 1.165) is 32.5 Å². The molecule has 0 N–H and O–H groups in total. The largest absolute Gasteiger partial charge is 0.341 e. The average molecular weight is 258 g/mol. The quantitative estimate of drug-likeness (QED) is 0.810. The summed E-state index contributed by atoms with van der Waals surface area (Å²) < 4.78 is 0. The van der Waals surface area contributed by atoms with E-state index in [-0.39, 0.29) is 5.54 Å². The highest BCUT2D eigenvalue weighted by Gasteiger charge is 2.36. The van der Waals surface area contributed by atoms with Crippen molar-refractivity contribution >= 4 is 5.91 Å². The molecule has 2 heterocycles. The number of benzene rings is 1. The Morgan fingerprint density at radius 1 is 1.21 bits per heavy atom. The molecule has 0 aromatic heterocycles. The third-order valence-electron chi connectivity index (χ3n) is 4.65. The second-order valence-corrected chi connectivity index (χ2v) is 6.12. The fraction of sp³-hybridized carbons (Fsp3) is 0.562. The number of carbonyl (C=O) groups excluding carboxylic acids is 1. The number of amides is 1. The van der Waals surface area contributed by atoms with Crippen molar-refractivity contribution in [3.63, 3.8) is 0 Å². The first-order chi connectivity index (χ1) is 9.09. The zero-order valence-corrected chi connectivity index (χ0v) is 11.9. The Hall–Kier alpha value is -1.35. The smallest absolute Gasteiger partial charge is 0.236 e. The lowest BCUT2D eigenvalue weighted by atomic mass is 9.83. The van der Waals surface area contributed by atoms with Gasteiger partial charge in [0.2, 0.25) is 5.91 Å². The van der Waals surface area contributed by atoms with Crippen LogP contribution in [0.3, 0.4) is 0 Å². The molecule has 2 aliphatic rings. The van der Waals surface area contributed by atoms with Crippen LogP contribution in [0.15, 0.2) is 24.3 Å². The van der Waals surface area contributed by atoms with Crippen LogP contribution in [0.25, 0.3) is 0 Å². The van der Waals surface area contributed by atoms with Crippen molar-refractivity contribution in [2.75, 3.05) is 26.2 Å². The summed E-state index contributed by atoms with van der Waals surface area (Å²) in [5, 5.41) is 0. The molecule has 1 aromatic rings. The van der Waals surface area contributed by atoms with E-state index < -0.39 is 0 Å². The van der Waals surface area contributed by atoms with Gasteiger partial charge >= 0.3 is 0 Å². The molecule has 3 nitrogen and oxygen atoms in total. The fourth-order valence-corrected chi connectivity index (χ4v) is 3.15. The highest BCUT2D eigenvalue weighted by atomic mass is 16.2. The summed E-state index contributed by atoms with van der Waals surface area (Å²) in [6.07, 6.45) is 2.21. The van der Waals surface area contributed by atoms with Gasteiger partial charge in [-0.3, -0.25) is 9.69 Å². The molecule has 1 fully saturated rings. The molecule has 102 valence electrons. The van der Waals surface area contributed by atoms with Gasteiger partial charge in [0.25, 0.3) is 0 Å². The summed E-state index contributed by atoms with van der Waals surface area (Å²) in [5.41, 5.74) is 2.76. The van der Waals surface area contributed by atoms with Gasteiger partial charge in [0.05, 0.1) is 6.54 Å². The lowest BCUT2D eigenvalue weighted by molar-refractivity contribution is -0.137. The van der Waals surface area contributed by atoms with E-state index >= 15 is 0 Å². The second kappa shape index (κ2) is 4.64. The monoisotopic (exact) mass is 258 g/mol. The zero-order valence-electron chi connectivity index (χ0n) is 11.9. The maximum atomic E-state index is 12.2. The van der Waals surface area contributed by atoms with Gasteiger partial charge < -0.3 is 4.90 Å². The highest BCUT2D eigenvalue weighted by molar-refractivity contribution is 5.79. The van der Waals surface area contributed by atoms with Gasteiger partial charge in [-0.25, -0.2) is 0 Å². The standard InChI is InChI=1S/C16H22N2O/c1-16(2)14-7-4-3-6-13(14)8-11-18(16)12-15(19)17-9-5-10-17/h3-4,6-7H,5,8-12H2,1-2H3. The summed E-state index contributed by atoms with van der Waals surface area (Å²) in [4.78, 5) is 16.5. The molecule has 0 radical (unpaired) electrons. The van der Waals surface area contributed by atoms with Crippen molar-refractivity contribution in [1.29, 1.82) is 0 Å². The average Bonchev–Trinajstić information content (AvgIpc) is 2.31. The maximum Gasteiger partial charge on any atom is 0.236 e. The van der Waals surface area contributed by atoms with Crippen LogP contribution < -0.4 is 0 Å². The summed E-state index contributed by atoms with van der Waals surface area (Å²) in [7, 11) is 0. The van der Waals surface area contributed by atoms with Gasteiger partial charge in [-0.1, -0.05) is 24.3 Å². The van der Waals surface area contributed by atoms with E-state index in [9.17, 15) is 4.79 Å². The first-order valence-electron chi connectivity index (χ1n) is 7.20. The van der Waals surface area contributed by atoms with E-state index in [2.05, 4.69) is 43.0 Å². The van der Waals surface area contributed by atoms with E-state index in [1.165, 1.54) is 11.1 Å². The van der Waals surface area contributed by atoms with Gasteiger partial charge in [0, 0.05) is 25.2 Å². The third kappa shape index (κ3) is 2.16. The SMILES string of the molecule is CC1(C)c2ccccc2CCN1CC(=O)N1CCC1. The van der Waals surface area contributed by atoms with Crippen molar-refractivity contribution in [1.82, 2.24) is 9.80 Å². The van der Waals surface area contributed by atoms with Crippen LogP contribution in [0.5, 0.6) is 0 Å². The van der Waals surface area contributed by atoms with Crippen molar-refractivity contribution in [2.24, 2.45) is 0 Å². The molecular weight excluding hydrogens is 236 g/mol. The molecule has 0 unspecified atom stereocenters. The molecule has 0 saturated carbocycles. The van der Waals surface area contributed by atoms with Crippen molar-refractivity contribution in [3.8, 4) is 0 Å². The van der Waals surface area contributed by atoms with Crippen LogP contribution in [0.1, 0.15) is 31.4 Å². The Morgan fingerprint density at radius 2 is 1.95 bits per heavy atom. The molecule has 0 spiro atoms.